The smallest absolute Gasteiger partial charge is 0.437 e. The van der Waals surface area contributed by atoms with Crippen molar-refractivity contribution in [2.45, 2.75) is 13.0 Å². The zero-order valence-corrected chi connectivity index (χ0v) is 14.2. The zero-order valence-electron chi connectivity index (χ0n) is 14.2. The molecule has 0 aliphatic rings. The highest BCUT2D eigenvalue weighted by molar-refractivity contribution is 5.93. The molecule has 0 aliphatic carbocycles. The molecule has 0 spiro atoms. The van der Waals surface area contributed by atoms with Gasteiger partial charge in [-0.05, 0) is 31.2 Å². The van der Waals surface area contributed by atoms with E-state index in [4.69, 9.17) is 16.2 Å². The molecular formula is C16H18N6O4. The number of rotatable bonds is 5. The van der Waals surface area contributed by atoms with E-state index < -0.39 is 12.2 Å². The summed E-state index contributed by atoms with van der Waals surface area (Å²) in [5.41, 5.74) is 11.9. The number of pyridine rings is 1. The normalized spacial score (nSPS) is 11.8. The van der Waals surface area contributed by atoms with Gasteiger partial charge < -0.3 is 26.3 Å². The van der Waals surface area contributed by atoms with Gasteiger partial charge in [0.2, 0.25) is 5.91 Å². The molecular weight excluding hydrogens is 340 g/mol. The van der Waals surface area contributed by atoms with Gasteiger partial charge >= 0.3 is 6.16 Å². The van der Waals surface area contributed by atoms with E-state index in [1.807, 2.05) is 0 Å². The van der Waals surface area contributed by atoms with Gasteiger partial charge in [-0.3, -0.25) is 4.79 Å². The van der Waals surface area contributed by atoms with Crippen molar-refractivity contribution >= 4 is 35.1 Å². The van der Waals surface area contributed by atoms with Gasteiger partial charge in [-0.15, -0.1) is 10.2 Å². The summed E-state index contributed by atoms with van der Waals surface area (Å²) in [6.45, 7) is 1.55. The van der Waals surface area contributed by atoms with Gasteiger partial charge in [-0.1, -0.05) is 12.1 Å². The maximum absolute atomic E-state index is 11.6. The lowest BCUT2D eigenvalue weighted by Crippen LogP contribution is -2.32. The third kappa shape index (κ3) is 4.98. The maximum Gasteiger partial charge on any atom is 0.513 e. The third-order valence-corrected chi connectivity index (χ3v) is 3.06. The predicted molar refractivity (Wildman–Crippen MR) is 94.6 cm³/mol. The first kappa shape index (κ1) is 18.8. The van der Waals surface area contributed by atoms with Crippen LogP contribution in [0.3, 0.4) is 0 Å². The summed E-state index contributed by atoms with van der Waals surface area (Å²) in [6.07, 6.45) is -0.872. The van der Waals surface area contributed by atoms with Gasteiger partial charge in [-0.25, -0.2) is 9.78 Å². The molecule has 0 fully saturated rings. The molecule has 0 unspecified atom stereocenters. The zero-order chi connectivity index (χ0) is 19.1. The lowest BCUT2D eigenvalue weighted by molar-refractivity contribution is -0.117. The number of methoxy groups -OCH3 is 1. The number of carbonyl (C=O) groups is 2. The minimum atomic E-state index is -0.872. The monoisotopic (exact) mass is 358 g/mol. The van der Waals surface area contributed by atoms with Gasteiger partial charge in [0.05, 0.1) is 13.2 Å². The summed E-state index contributed by atoms with van der Waals surface area (Å²) < 4.78 is 9.42. The molecule has 26 heavy (non-hydrogen) atoms. The Hall–Kier alpha value is -3.53. The van der Waals surface area contributed by atoms with E-state index in [0.29, 0.717) is 5.69 Å². The summed E-state index contributed by atoms with van der Waals surface area (Å²) in [5, 5.41) is 10.5. The molecule has 2 rings (SSSR count). The van der Waals surface area contributed by atoms with Crippen molar-refractivity contribution in [2.75, 3.05) is 18.2 Å². The summed E-state index contributed by atoms with van der Waals surface area (Å²) >= 11 is 0. The summed E-state index contributed by atoms with van der Waals surface area (Å²) in [4.78, 5) is 26.8. The minimum Gasteiger partial charge on any atom is -0.437 e. The van der Waals surface area contributed by atoms with E-state index in [1.54, 1.807) is 31.2 Å². The Morgan fingerprint density at radius 3 is 2.50 bits per heavy atom. The Morgan fingerprint density at radius 1 is 1.15 bits per heavy atom. The van der Waals surface area contributed by atoms with Crippen LogP contribution in [0.1, 0.15) is 6.92 Å². The number of nitrogen functional groups attached to an aromatic ring is 1. The van der Waals surface area contributed by atoms with Crippen molar-refractivity contribution in [2.24, 2.45) is 16.0 Å². The first-order valence-corrected chi connectivity index (χ1v) is 7.50. The van der Waals surface area contributed by atoms with Gasteiger partial charge in [0.1, 0.15) is 17.2 Å². The van der Waals surface area contributed by atoms with Crippen LogP contribution in [-0.2, 0) is 9.53 Å². The maximum atomic E-state index is 11.6. The molecule has 0 saturated carbocycles. The Bertz CT molecular complexity index is 837. The van der Waals surface area contributed by atoms with E-state index in [0.717, 1.165) is 0 Å². The molecule has 136 valence electrons. The highest BCUT2D eigenvalue weighted by Gasteiger charge is 2.11. The topological polar surface area (TPSA) is 154 Å². The number of hydrogen-bond acceptors (Lipinski definition) is 9. The Morgan fingerprint density at radius 2 is 1.85 bits per heavy atom. The number of amides is 1. The Balaban J connectivity index is 2.18. The van der Waals surface area contributed by atoms with Crippen LogP contribution in [0.2, 0.25) is 0 Å². The number of benzene rings is 1. The molecule has 2 aromatic rings. The van der Waals surface area contributed by atoms with Crippen LogP contribution in [0, 0.1) is 0 Å². The average molecular weight is 358 g/mol. The van der Waals surface area contributed by atoms with Gasteiger partial charge in [0.15, 0.2) is 11.6 Å². The predicted octanol–water partition coefficient (Wildman–Crippen LogP) is 2.51. The number of nitrogens with one attached hydrogen (secondary N) is 1. The highest BCUT2D eigenvalue weighted by Crippen LogP contribution is 2.30. The number of nitrogens with zero attached hydrogens (tertiary/aromatic N) is 3. The molecule has 1 heterocycles. The van der Waals surface area contributed by atoms with E-state index in [-0.39, 0.29) is 29.0 Å². The van der Waals surface area contributed by atoms with E-state index in [9.17, 15) is 9.59 Å². The van der Waals surface area contributed by atoms with E-state index in [1.165, 1.54) is 19.2 Å². The van der Waals surface area contributed by atoms with E-state index >= 15 is 0 Å². The fourth-order valence-corrected chi connectivity index (χ4v) is 1.73. The molecule has 1 amide bonds. The summed E-state index contributed by atoms with van der Waals surface area (Å²) in [7, 11) is 1.20. The van der Waals surface area contributed by atoms with Gasteiger partial charge in [0.25, 0.3) is 0 Å². The van der Waals surface area contributed by atoms with Crippen molar-refractivity contribution in [3.63, 3.8) is 0 Å². The molecule has 1 aromatic carbocycles. The number of para-hydroxylation sites is 1. The van der Waals surface area contributed by atoms with Crippen LogP contribution in [0.4, 0.5) is 27.8 Å². The second kappa shape index (κ2) is 8.53. The second-order valence-corrected chi connectivity index (χ2v) is 5.10. The van der Waals surface area contributed by atoms with Crippen molar-refractivity contribution in [1.29, 1.82) is 0 Å². The largest absolute Gasteiger partial charge is 0.513 e. The first-order valence-electron chi connectivity index (χ1n) is 7.50. The Kier molecular flexibility index (Phi) is 6.17. The molecule has 5 N–H and O–H groups in total. The number of ether oxygens (including phenoxy) is 2. The number of aromatic nitrogens is 1. The molecule has 10 nitrogen and oxygen atoms in total. The average Bonchev–Trinajstić information content (AvgIpc) is 2.62. The fourth-order valence-electron chi connectivity index (χ4n) is 1.73. The van der Waals surface area contributed by atoms with Crippen LogP contribution in [-0.4, -0.2) is 30.2 Å². The number of nitrogens with two attached hydrogens (primary N) is 2. The van der Waals surface area contributed by atoms with Crippen LogP contribution in [0.5, 0.6) is 5.75 Å². The molecule has 0 saturated heterocycles. The van der Waals surface area contributed by atoms with Crippen molar-refractivity contribution < 1.29 is 19.1 Å². The lowest BCUT2D eigenvalue weighted by Gasteiger charge is -2.08. The van der Waals surface area contributed by atoms with Crippen LogP contribution in [0.15, 0.2) is 46.6 Å². The fraction of sp³-hybridized carbons (Fsp3) is 0.188. The second-order valence-electron chi connectivity index (χ2n) is 5.10. The number of anilines is 2. The van der Waals surface area contributed by atoms with Gasteiger partial charge in [0, 0.05) is 0 Å². The molecule has 10 heteroatoms. The third-order valence-electron chi connectivity index (χ3n) is 3.06. The number of hydrogen-bond donors (Lipinski definition) is 3. The molecule has 0 bridgehead atoms. The van der Waals surface area contributed by atoms with Gasteiger partial charge in [-0.2, -0.15) is 0 Å². The van der Waals surface area contributed by atoms with Crippen molar-refractivity contribution in [1.82, 2.24) is 4.98 Å². The minimum absolute atomic E-state index is 0.0580. The molecule has 1 aromatic heterocycles. The standard InChI is InChI=1S/C16H18N6O4/c1-9(17)15(23)20-13-8-7-11(14(18)19-13)22-21-10-5-3-4-6-12(10)26-16(24)25-2/h3-9H,17H2,1-2H3,(H3,18,19,20,23)/b22-21+/t9-/m0/s1. The summed E-state index contributed by atoms with van der Waals surface area (Å²) in [6, 6.07) is 8.88. The highest BCUT2D eigenvalue weighted by atomic mass is 16.7. The van der Waals surface area contributed by atoms with Crippen LogP contribution in [0.25, 0.3) is 0 Å². The first-order chi connectivity index (χ1) is 12.4. The van der Waals surface area contributed by atoms with Crippen molar-refractivity contribution in [3.8, 4) is 5.75 Å². The molecule has 0 radical (unpaired) electrons. The Labute approximate surface area is 149 Å². The SMILES string of the molecule is COC(=O)Oc1ccccc1/N=N/c1ccc(NC(=O)[C@H](C)N)nc1N. The number of carbonyl (C=O) groups excluding carboxylic acids is 2. The molecule has 1 atom stereocenters. The number of azo groups is 1. The lowest BCUT2D eigenvalue weighted by atomic mass is 10.3. The van der Waals surface area contributed by atoms with Crippen molar-refractivity contribution in [3.05, 3.63) is 36.4 Å². The molecule has 0 aliphatic heterocycles. The van der Waals surface area contributed by atoms with Crippen LogP contribution >= 0.6 is 0 Å². The van der Waals surface area contributed by atoms with Crippen LogP contribution < -0.4 is 21.5 Å². The van der Waals surface area contributed by atoms with E-state index in [2.05, 4.69) is 25.3 Å². The summed E-state index contributed by atoms with van der Waals surface area (Å²) in [5.74, 6) is 0.0939. The quantitative estimate of drug-likeness (QED) is 0.421.